The van der Waals surface area contributed by atoms with Gasteiger partial charge in [-0.3, -0.25) is 14.5 Å². The standard InChI is InChI=1S/C19H24FN5O2/c1-2-21-19(27)16-10-14(11-25(16)12-17-22-7-8-23-17)24-18(26)9-13-5-3-4-6-15(13)20/h3-8,14,16H,2,9-12H2,1H3,(H,21,27)(H,22,23)(H,24,26)/t14-,16-/m0/s1. The Bertz CT molecular complexity index is 780. The van der Waals surface area contributed by atoms with Gasteiger partial charge in [0.2, 0.25) is 11.8 Å². The third kappa shape index (κ3) is 4.91. The molecule has 2 heterocycles. The van der Waals surface area contributed by atoms with Crippen molar-refractivity contribution in [1.29, 1.82) is 0 Å². The van der Waals surface area contributed by atoms with Crippen LogP contribution in [0.4, 0.5) is 4.39 Å². The van der Waals surface area contributed by atoms with E-state index in [1.807, 2.05) is 11.8 Å². The lowest BCUT2D eigenvalue weighted by Gasteiger charge is -2.22. The highest BCUT2D eigenvalue weighted by atomic mass is 19.1. The average Bonchev–Trinajstić information content (AvgIpc) is 3.27. The number of aromatic nitrogens is 2. The molecule has 0 radical (unpaired) electrons. The Labute approximate surface area is 157 Å². The number of nitrogens with zero attached hydrogens (tertiary/aromatic N) is 2. The summed E-state index contributed by atoms with van der Waals surface area (Å²) in [4.78, 5) is 34.0. The SMILES string of the molecule is CCNC(=O)[C@@H]1C[C@H](NC(=O)Cc2ccccc2F)CN1Cc1ncc[nH]1. The van der Waals surface area contributed by atoms with Gasteiger partial charge in [0.25, 0.3) is 0 Å². The topological polar surface area (TPSA) is 90.1 Å². The largest absolute Gasteiger partial charge is 0.355 e. The van der Waals surface area contributed by atoms with Crippen LogP contribution in [0, 0.1) is 5.82 Å². The predicted octanol–water partition coefficient (Wildman–Crippen LogP) is 0.987. The minimum Gasteiger partial charge on any atom is -0.355 e. The number of rotatable bonds is 7. The molecule has 27 heavy (non-hydrogen) atoms. The number of aromatic amines is 1. The van der Waals surface area contributed by atoms with Gasteiger partial charge in [0.05, 0.1) is 19.0 Å². The molecule has 0 aliphatic carbocycles. The number of benzene rings is 1. The van der Waals surface area contributed by atoms with Crippen LogP contribution >= 0.6 is 0 Å². The van der Waals surface area contributed by atoms with Crippen molar-refractivity contribution in [2.24, 2.45) is 0 Å². The van der Waals surface area contributed by atoms with E-state index in [4.69, 9.17) is 0 Å². The second kappa shape index (κ2) is 8.77. The number of likely N-dealkylation sites (tertiary alicyclic amines) is 1. The molecule has 1 aliphatic heterocycles. The van der Waals surface area contributed by atoms with E-state index in [2.05, 4.69) is 20.6 Å². The van der Waals surface area contributed by atoms with E-state index in [0.29, 0.717) is 31.6 Å². The van der Waals surface area contributed by atoms with Crippen LogP contribution in [0.25, 0.3) is 0 Å². The van der Waals surface area contributed by atoms with Gasteiger partial charge in [0.15, 0.2) is 0 Å². The van der Waals surface area contributed by atoms with E-state index in [9.17, 15) is 14.0 Å². The fourth-order valence-corrected chi connectivity index (χ4v) is 3.42. The number of imidazole rings is 1. The number of hydrogen-bond acceptors (Lipinski definition) is 4. The van der Waals surface area contributed by atoms with E-state index >= 15 is 0 Å². The summed E-state index contributed by atoms with van der Waals surface area (Å²) in [7, 11) is 0. The first-order valence-corrected chi connectivity index (χ1v) is 9.09. The first kappa shape index (κ1) is 19.0. The van der Waals surface area contributed by atoms with Gasteiger partial charge in [-0.25, -0.2) is 9.37 Å². The third-order valence-electron chi connectivity index (χ3n) is 4.64. The molecule has 3 rings (SSSR count). The highest BCUT2D eigenvalue weighted by molar-refractivity contribution is 5.83. The summed E-state index contributed by atoms with van der Waals surface area (Å²) in [6.45, 7) is 3.45. The van der Waals surface area contributed by atoms with Gasteiger partial charge in [-0.2, -0.15) is 0 Å². The van der Waals surface area contributed by atoms with Crippen LogP contribution in [-0.2, 0) is 22.6 Å². The lowest BCUT2D eigenvalue weighted by atomic mass is 10.1. The van der Waals surface area contributed by atoms with Crippen LogP contribution in [0.2, 0.25) is 0 Å². The van der Waals surface area contributed by atoms with Gasteiger partial charge in [-0.15, -0.1) is 0 Å². The number of hydrogen-bond donors (Lipinski definition) is 3. The molecule has 2 amide bonds. The Morgan fingerprint density at radius 2 is 2.19 bits per heavy atom. The van der Waals surface area contributed by atoms with Crippen LogP contribution < -0.4 is 10.6 Å². The molecule has 1 aromatic carbocycles. The van der Waals surface area contributed by atoms with E-state index in [-0.39, 0.29) is 30.3 Å². The van der Waals surface area contributed by atoms with Gasteiger partial charge in [-0.05, 0) is 25.0 Å². The smallest absolute Gasteiger partial charge is 0.237 e. The highest BCUT2D eigenvalue weighted by Crippen LogP contribution is 2.20. The molecule has 1 aliphatic rings. The van der Waals surface area contributed by atoms with Crippen LogP contribution in [0.5, 0.6) is 0 Å². The van der Waals surface area contributed by atoms with E-state index < -0.39 is 5.82 Å². The maximum absolute atomic E-state index is 13.7. The van der Waals surface area contributed by atoms with Gasteiger partial charge >= 0.3 is 0 Å². The first-order chi connectivity index (χ1) is 13.1. The average molecular weight is 373 g/mol. The van der Waals surface area contributed by atoms with Gasteiger partial charge in [0, 0.05) is 31.5 Å². The Hall–Kier alpha value is -2.74. The fraction of sp³-hybridized carbons (Fsp3) is 0.421. The van der Waals surface area contributed by atoms with E-state index in [0.717, 1.165) is 5.82 Å². The molecule has 0 unspecified atom stereocenters. The number of halogens is 1. The van der Waals surface area contributed by atoms with Crippen LogP contribution in [0.1, 0.15) is 24.7 Å². The molecule has 1 aromatic heterocycles. The van der Waals surface area contributed by atoms with Crippen molar-refractivity contribution in [3.8, 4) is 0 Å². The number of nitrogens with one attached hydrogen (secondary N) is 3. The number of amides is 2. The van der Waals surface area contributed by atoms with E-state index in [1.165, 1.54) is 6.07 Å². The monoisotopic (exact) mass is 373 g/mol. The van der Waals surface area contributed by atoms with Gasteiger partial charge < -0.3 is 15.6 Å². The van der Waals surface area contributed by atoms with Crippen molar-refractivity contribution >= 4 is 11.8 Å². The molecule has 3 N–H and O–H groups in total. The molecule has 0 bridgehead atoms. The second-order valence-electron chi connectivity index (χ2n) is 6.64. The third-order valence-corrected chi connectivity index (χ3v) is 4.64. The highest BCUT2D eigenvalue weighted by Gasteiger charge is 2.37. The summed E-state index contributed by atoms with van der Waals surface area (Å²) in [5, 5.41) is 5.78. The zero-order chi connectivity index (χ0) is 19.2. The van der Waals surface area contributed by atoms with Crippen LogP contribution in [0.15, 0.2) is 36.7 Å². The number of carbonyl (C=O) groups excluding carboxylic acids is 2. The summed E-state index contributed by atoms with van der Waals surface area (Å²) in [6, 6.07) is 5.73. The maximum Gasteiger partial charge on any atom is 0.237 e. The zero-order valence-electron chi connectivity index (χ0n) is 15.2. The minimum atomic E-state index is -0.390. The van der Waals surface area contributed by atoms with Crippen molar-refractivity contribution in [2.45, 2.75) is 38.4 Å². The maximum atomic E-state index is 13.7. The summed E-state index contributed by atoms with van der Waals surface area (Å²) in [5.41, 5.74) is 0.362. The predicted molar refractivity (Wildman–Crippen MR) is 98.1 cm³/mol. The summed E-state index contributed by atoms with van der Waals surface area (Å²) >= 11 is 0. The first-order valence-electron chi connectivity index (χ1n) is 9.09. The Morgan fingerprint density at radius 1 is 1.37 bits per heavy atom. The van der Waals surface area contributed by atoms with Crippen LogP contribution in [-0.4, -0.2) is 51.9 Å². The molecule has 144 valence electrons. The Kier molecular flexibility index (Phi) is 6.18. The number of H-pyrrole nitrogens is 1. The summed E-state index contributed by atoms with van der Waals surface area (Å²) < 4.78 is 13.7. The molecule has 1 fully saturated rings. The van der Waals surface area contributed by atoms with Crippen molar-refractivity contribution in [3.05, 3.63) is 53.9 Å². The molecule has 0 spiro atoms. The molecule has 0 saturated carbocycles. The summed E-state index contributed by atoms with van der Waals surface area (Å²) in [5.74, 6) is 0.0656. The second-order valence-corrected chi connectivity index (χ2v) is 6.64. The van der Waals surface area contributed by atoms with Crippen molar-refractivity contribution in [3.63, 3.8) is 0 Å². The molecule has 2 aromatic rings. The lowest BCUT2D eigenvalue weighted by Crippen LogP contribution is -2.42. The summed E-state index contributed by atoms with van der Waals surface area (Å²) in [6.07, 6.45) is 3.89. The zero-order valence-corrected chi connectivity index (χ0v) is 15.2. The quantitative estimate of drug-likeness (QED) is 0.675. The Balaban J connectivity index is 1.62. The van der Waals surface area contributed by atoms with Crippen LogP contribution in [0.3, 0.4) is 0 Å². The van der Waals surface area contributed by atoms with Crippen molar-refractivity contribution in [2.75, 3.05) is 13.1 Å². The minimum absolute atomic E-state index is 0.0207. The number of likely N-dealkylation sites (N-methyl/N-ethyl adjacent to an activating group) is 1. The molecule has 1 saturated heterocycles. The molecular weight excluding hydrogens is 349 g/mol. The normalized spacial score (nSPS) is 19.8. The van der Waals surface area contributed by atoms with Gasteiger partial charge in [-0.1, -0.05) is 18.2 Å². The molecule has 8 heteroatoms. The molecular formula is C19H24FN5O2. The van der Waals surface area contributed by atoms with E-state index in [1.54, 1.807) is 30.6 Å². The molecule has 7 nitrogen and oxygen atoms in total. The van der Waals surface area contributed by atoms with Gasteiger partial charge in [0.1, 0.15) is 11.6 Å². The van der Waals surface area contributed by atoms with Crippen molar-refractivity contribution in [1.82, 2.24) is 25.5 Å². The molecule has 2 atom stereocenters. The van der Waals surface area contributed by atoms with Crippen molar-refractivity contribution < 1.29 is 14.0 Å². The Morgan fingerprint density at radius 3 is 2.89 bits per heavy atom. The fourth-order valence-electron chi connectivity index (χ4n) is 3.42. The number of carbonyl (C=O) groups is 2. The lowest BCUT2D eigenvalue weighted by molar-refractivity contribution is -0.125.